The molecular weight excluding hydrogens is 168 g/mol. The van der Waals surface area contributed by atoms with E-state index in [0.29, 0.717) is 38.5 Å². The van der Waals surface area contributed by atoms with Crippen LogP contribution in [0.3, 0.4) is 0 Å². The second-order valence-corrected chi connectivity index (χ2v) is 4.16. The topological polar surface area (TPSA) is 54.4 Å². The predicted molar refractivity (Wildman–Crippen MR) is 46.2 cm³/mol. The fourth-order valence-electron chi connectivity index (χ4n) is 2.51. The molecule has 72 valence electrons. The summed E-state index contributed by atoms with van der Waals surface area (Å²) in [6.45, 7) is 0. The molecule has 0 aromatic carbocycles. The second kappa shape index (κ2) is 2.91. The van der Waals surface area contributed by atoms with E-state index >= 15 is 0 Å². The van der Waals surface area contributed by atoms with Crippen LogP contribution in [0.2, 0.25) is 0 Å². The Morgan fingerprint density at radius 3 is 2.00 bits per heavy atom. The minimum absolute atomic E-state index is 0.115. The molecule has 0 atom stereocenters. The van der Waals surface area contributed by atoms with Crippen LogP contribution >= 0.6 is 0 Å². The molecule has 3 nitrogen and oxygen atoms in total. The Morgan fingerprint density at radius 2 is 1.54 bits per heavy atom. The van der Waals surface area contributed by atoms with Crippen LogP contribution in [0.15, 0.2) is 0 Å². The third kappa shape index (κ3) is 1.22. The van der Waals surface area contributed by atoms with Crippen molar-refractivity contribution in [1.29, 1.82) is 0 Å². The zero-order chi connectivity index (χ0) is 9.47. The van der Waals surface area contributed by atoms with Gasteiger partial charge in [-0.05, 0) is 25.7 Å². The highest BCUT2D eigenvalue weighted by Crippen LogP contribution is 2.43. The van der Waals surface area contributed by atoms with Gasteiger partial charge in [0.05, 0.1) is 11.5 Å². The SMILES string of the molecule is O=C1CCC(=O)C12CCC(O)CC2. The number of carbonyl (C=O) groups excluding carboxylic acids is 2. The van der Waals surface area contributed by atoms with Crippen LogP contribution in [0.1, 0.15) is 38.5 Å². The second-order valence-electron chi connectivity index (χ2n) is 4.16. The zero-order valence-electron chi connectivity index (χ0n) is 7.58. The smallest absolute Gasteiger partial charge is 0.146 e. The van der Waals surface area contributed by atoms with Gasteiger partial charge in [0.25, 0.3) is 0 Å². The predicted octanol–water partition coefficient (Wildman–Crippen LogP) is 0.840. The number of ketones is 2. The molecule has 0 saturated heterocycles. The van der Waals surface area contributed by atoms with Gasteiger partial charge < -0.3 is 5.11 Å². The molecule has 2 saturated carbocycles. The van der Waals surface area contributed by atoms with E-state index in [1.165, 1.54) is 0 Å². The first-order valence-corrected chi connectivity index (χ1v) is 4.90. The molecule has 0 aromatic heterocycles. The summed E-state index contributed by atoms with van der Waals surface area (Å²) < 4.78 is 0. The molecule has 13 heavy (non-hydrogen) atoms. The average Bonchev–Trinajstić information content (AvgIpc) is 2.39. The van der Waals surface area contributed by atoms with E-state index in [9.17, 15) is 14.7 Å². The van der Waals surface area contributed by atoms with Gasteiger partial charge >= 0.3 is 0 Å². The number of rotatable bonds is 0. The molecule has 2 fully saturated rings. The van der Waals surface area contributed by atoms with E-state index in [1.54, 1.807) is 0 Å². The van der Waals surface area contributed by atoms with Crippen molar-refractivity contribution in [2.45, 2.75) is 44.6 Å². The Labute approximate surface area is 77.1 Å². The monoisotopic (exact) mass is 182 g/mol. The van der Waals surface area contributed by atoms with E-state index in [-0.39, 0.29) is 17.7 Å². The molecule has 0 heterocycles. The largest absolute Gasteiger partial charge is 0.393 e. The molecule has 0 amide bonds. The van der Waals surface area contributed by atoms with E-state index in [1.807, 2.05) is 0 Å². The molecule has 0 aliphatic heterocycles. The van der Waals surface area contributed by atoms with Crippen LogP contribution in [-0.4, -0.2) is 22.8 Å². The highest BCUT2D eigenvalue weighted by atomic mass is 16.3. The molecule has 0 aromatic rings. The van der Waals surface area contributed by atoms with Gasteiger partial charge in [-0.1, -0.05) is 0 Å². The zero-order valence-corrected chi connectivity index (χ0v) is 7.58. The van der Waals surface area contributed by atoms with Crippen LogP contribution in [0, 0.1) is 5.41 Å². The van der Waals surface area contributed by atoms with Gasteiger partial charge in [-0.3, -0.25) is 9.59 Å². The molecule has 0 radical (unpaired) electrons. The van der Waals surface area contributed by atoms with Crippen LogP contribution in [-0.2, 0) is 9.59 Å². The van der Waals surface area contributed by atoms with Crippen molar-refractivity contribution in [2.75, 3.05) is 0 Å². The molecule has 0 unspecified atom stereocenters. The van der Waals surface area contributed by atoms with Crippen molar-refractivity contribution in [1.82, 2.24) is 0 Å². The van der Waals surface area contributed by atoms with Crippen LogP contribution in [0.4, 0.5) is 0 Å². The third-order valence-electron chi connectivity index (χ3n) is 3.46. The minimum atomic E-state index is -0.667. The van der Waals surface area contributed by atoms with Gasteiger partial charge in [-0.25, -0.2) is 0 Å². The lowest BCUT2D eigenvalue weighted by Crippen LogP contribution is -2.38. The Kier molecular flexibility index (Phi) is 1.99. The normalized spacial score (nSPS) is 28.7. The summed E-state index contributed by atoms with van der Waals surface area (Å²) in [6, 6.07) is 0. The van der Waals surface area contributed by atoms with Gasteiger partial charge in [0.15, 0.2) is 0 Å². The molecule has 3 heteroatoms. The first-order chi connectivity index (χ1) is 6.15. The Bertz CT molecular complexity index is 231. The standard InChI is InChI=1S/C10H14O3/c11-7-3-5-10(6-4-7)8(12)1-2-9(10)13/h7,11H,1-6H2. The minimum Gasteiger partial charge on any atom is -0.393 e. The third-order valence-corrected chi connectivity index (χ3v) is 3.46. The Balaban J connectivity index is 2.19. The lowest BCUT2D eigenvalue weighted by Gasteiger charge is -2.32. The number of carbonyl (C=O) groups is 2. The number of hydrogen-bond donors (Lipinski definition) is 1. The van der Waals surface area contributed by atoms with Gasteiger partial charge in [-0.2, -0.15) is 0 Å². The molecule has 2 aliphatic rings. The lowest BCUT2D eigenvalue weighted by atomic mass is 9.71. The van der Waals surface area contributed by atoms with Crippen LogP contribution in [0.5, 0.6) is 0 Å². The molecule has 2 rings (SSSR count). The first kappa shape index (κ1) is 8.88. The maximum absolute atomic E-state index is 11.6. The fraction of sp³-hybridized carbons (Fsp3) is 0.800. The van der Waals surface area contributed by atoms with Crippen molar-refractivity contribution < 1.29 is 14.7 Å². The molecule has 2 aliphatic carbocycles. The van der Waals surface area contributed by atoms with Crippen molar-refractivity contribution in [2.24, 2.45) is 5.41 Å². The van der Waals surface area contributed by atoms with E-state index < -0.39 is 5.41 Å². The maximum atomic E-state index is 11.6. The molecular formula is C10H14O3. The maximum Gasteiger partial charge on any atom is 0.146 e. The van der Waals surface area contributed by atoms with Gasteiger partial charge in [0.1, 0.15) is 11.6 Å². The van der Waals surface area contributed by atoms with Gasteiger partial charge in [-0.15, -0.1) is 0 Å². The highest BCUT2D eigenvalue weighted by Gasteiger charge is 2.50. The Hall–Kier alpha value is -0.700. The summed E-state index contributed by atoms with van der Waals surface area (Å²) in [7, 11) is 0. The molecule has 1 spiro atoms. The van der Waals surface area contributed by atoms with E-state index in [0.717, 1.165) is 0 Å². The van der Waals surface area contributed by atoms with Crippen molar-refractivity contribution in [3.63, 3.8) is 0 Å². The van der Waals surface area contributed by atoms with Crippen molar-refractivity contribution >= 4 is 11.6 Å². The van der Waals surface area contributed by atoms with Gasteiger partial charge in [0.2, 0.25) is 0 Å². The molecule has 1 N–H and O–H groups in total. The summed E-state index contributed by atoms with van der Waals surface area (Å²) >= 11 is 0. The molecule has 0 bridgehead atoms. The highest BCUT2D eigenvalue weighted by molar-refractivity contribution is 6.12. The quantitative estimate of drug-likeness (QED) is 0.565. The lowest BCUT2D eigenvalue weighted by molar-refractivity contribution is -0.138. The van der Waals surface area contributed by atoms with E-state index in [4.69, 9.17) is 0 Å². The van der Waals surface area contributed by atoms with Crippen molar-refractivity contribution in [3.8, 4) is 0 Å². The average molecular weight is 182 g/mol. The van der Waals surface area contributed by atoms with E-state index in [2.05, 4.69) is 0 Å². The summed E-state index contributed by atoms with van der Waals surface area (Å²) in [4.78, 5) is 23.1. The van der Waals surface area contributed by atoms with Gasteiger partial charge in [0, 0.05) is 12.8 Å². The number of aliphatic hydroxyl groups excluding tert-OH is 1. The summed E-state index contributed by atoms with van der Waals surface area (Å²) in [5.41, 5.74) is -0.667. The number of aliphatic hydroxyl groups is 1. The Morgan fingerprint density at radius 1 is 1.08 bits per heavy atom. The summed E-state index contributed by atoms with van der Waals surface area (Å²) in [5, 5.41) is 9.30. The van der Waals surface area contributed by atoms with Crippen LogP contribution < -0.4 is 0 Å². The van der Waals surface area contributed by atoms with Crippen LogP contribution in [0.25, 0.3) is 0 Å². The first-order valence-electron chi connectivity index (χ1n) is 4.90. The number of Topliss-reactive ketones (excluding diaryl/α,β-unsaturated/α-hetero) is 2. The number of hydrogen-bond acceptors (Lipinski definition) is 3. The summed E-state index contributed by atoms with van der Waals surface area (Å²) in [6.07, 6.45) is 2.92. The summed E-state index contributed by atoms with van der Waals surface area (Å²) in [5.74, 6) is 0.230. The fourth-order valence-corrected chi connectivity index (χ4v) is 2.51. The van der Waals surface area contributed by atoms with Crippen molar-refractivity contribution in [3.05, 3.63) is 0 Å².